The van der Waals surface area contributed by atoms with Gasteiger partial charge in [-0.2, -0.15) is 0 Å². The lowest BCUT2D eigenvalue weighted by molar-refractivity contribution is -0.122. The van der Waals surface area contributed by atoms with Crippen molar-refractivity contribution in [2.75, 3.05) is 21.3 Å². The van der Waals surface area contributed by atoms with Gasteiger partial charge in [-0.1, -0.05) is 19.9 Å². The third-order valence-corrected chi connectivity index (χ3v) is 5.06. The first-order valence-electron chi connectivity index (χ1n) is 8.66. The van der Waals surface area contributed by atoms with E-state index in [1.807, 2.05) is 19.9 Å². The molecule has 1 N–H and O–H groups in total. The molecule has 1 amide bonds. The van der Waals surface area contributed by atoms with Crippen LogP contribution in [0, 0.1) is 5.41 Å². The van der Waals surface area contributed by atoms with Gasteiger partial charge in [0.05, 0.1) is 21.3 Å². The van der Waals surface area contributed by atoms with Crippen molar-refractivity contribution in [1.29, 1.82) is 0 Å². The van der Waals surface area contributed by atoms with Gasteiger partial charge >= 0.3 is 0 Å². The zero-order chi connectivity index (χ0) is 19.1. The number of Topliss-reactive ketones (excluding diaryl/α,β-unsaturated/α-hetero) is 1. The van der Waals surface area contributed by atoms with E-state index in [1.54, 1.807) is 20.3 Å². The molecule has 0 unspecified atom stereocenters. The van der Waals surface area contributed by atoms with Gasteiger partial charge in [0.15, 0.2) is 17.3 Å². The molecule has 0 radical (unpaired) electrons. The van der Waals surface area contributed by atoms with Gasteiger partial charge < -0.3 is 19.5 Å². The second kappa shape index (κ2) is 6.67. The molecule has 1 aromatic carbocycles. The lowest BCUT2D eigenvalue weighted by atomic mass is 9.69. The second-order valence-electron chi connectivity index (χ2n) is 7.56. The molecule has 26 heavy (non-hydrogen) atoms. The van der Waals surface area contributed by atoms with E-state index >= 15 is 0 Å². The number of amides is 1. The highest BCUT2D eigenvalue weighted by molar-refractivity contribution is 6.02. The van der Waals surface area contributed by atoms with E-state index in [2.05, 4.69) is 5.32 Å². The van der Waals surface area contributed by atoms with Crippen LogP contribution in [-0.4, -0.2) is 33.0 Å². The molecule has 0 bridgehead atoms. The normalized spacial score (nSPS) is 21.8. The third-order valence-electron chi connectivity index (χ3n) is 5.06. The predicted molar refractivity (Wildman–Crippen MR) is 96.6 cm³/mol. The van der Waals surface area contributed by atoms with Crippen molar-refractivity contribution in [3.8, 4) is 17.2 Å². The first-order valence-corrected chi connectivity index (χ1v) is 8.66. The number of carbonyl (C=O) groups is 2. The molecule has 1 atom stereocenters. The van der Waals surface area contributed by atoms with E-state index < -0.39 is 0 Å². The maximum Gasteiger partial charge on any atom is 0.225 e. The number of hydrogen-bond acceptors (Lipinski definition) is 5. The Hall–Kier alpha value is -2.50. The summed E-state index contributed by atoms with van der Waals surface area (Å²) in [7, 11) is 4.64. The van der Waals surface area contributed by atoms with Gasteiger partial charge in [0, 0.05) is 35.6 Å². The summed E-state index contributed by atoms with van der Waals surface area (Å²) in [6, 6.07) is 3.63. The Kier molecular flexibility index (Phi) is 4.69. The Morgan fingerprint density at radius 1 is 1.00 bits per heavy atom. The van der Waals surface area contributed by atoms with Gasteiger partial charge in [0.1, 0.15) is 0 Å². The van der Waals surface area contributed by atoms with Crippen molar-refractivity contribution in [2.24, 2.45) is 5.41 Å². The maximum absolute atomic E-state index is 12.9. The summed E-state index contributed by atoms with van der Waals surface area (Å²) in [5.74, 6) is 1.14. The van der Waals surface area contributed by atoms with Crippen LogP contribution in [-0.2, 0) is 9.59 Å². The standard InChI is InChI=1S/C20H25NO5/c1-20(2)9-13-17(14(22)10-20)12(8-16(23)21-13)11-6-7-15(24-3)19(26-5)18(11)25-4/h6-7,12H,8-10H2,1-5H3,(H,21,23)/t12-/m1/s1. The van der Waals surface area contributed by atoms with Gasteiger partial charge in [-0.05, 0) is 17.9 Å². The molecular formula is C20H25NO5. The van der Waals surface area contributed by atoms with Gasteiger partial charge in [0.25, 0.3) is 0 Å². The first kappa shape index (κ1) is 18.3. The zero-order valence-electron chi connectivity index (χ0n) is 15.9. The van der Waals surface area contributed by atoms with E-state index in [0.717, 1.165) is 11.3 Å². The number of rotatable bonds is 4. The largest absolute Gasteiger partial charge is 0.493 e. The molecule has 0 spiro atoms. The summed E-state index contributed by atoms with van der Waals surface area (Å²) in [6.45, 7) is 4.09. The molecular weight excluding hydrogens is 334 g/mol. The van der Waals surface area contributed by atoms with E-state index in [0.29, 0.717) is 35.7 Å². The number of ketones is 1. The summed E-state index contributed by atoms with van der Waals surface area (Å²) >= 11 is 0. The van der Waals surface area contributed by atoms with Crippen LogP contribution in [0.1, 0.15) is 44.6 Å². The fourth-order valence-electron chi connectivity index (χ4n) is 4.02. The zero-order valence-corrected chi connectivity index (χ0v) is 15.9. The van der Waals surface area contributed by atoms with E-state index in [4.69, 9.17) is 14.2 Å². The molecule has 6 nitrogen and oxygen atoms in total. The quantitative estimate of drug-likeness (QED) is 0.895. The average molecular weight is 359 g/mol. The Morgan fingerprint density at radius 3 is 2.31 bits per heavy atom. The summed E-state index contributed by atoms with van der Waals surface area (Å²) in [6.07, 6.45) is 1.34. The summed E-state index contributed by atoms with van der Waals surface area (Å²) in [5.41, 5.74) is 2.03. The van der Waals surface area contributed by atoms with E-state index in [-0.39, 0.29) is 29.4 Å². The molecule has 1 aliphatic heterocycles. The van der Waals surface area contributed by atoms with Crippen LogP contribution >= 0.6 is 0 Å². The Balaban J connectivity index is 2.17. The molecule has 140 valence electrons. The van der Waals surface area contributed by atoms with Crippen molar-refractivity contribution in [3.63, 3.8) is 0 Å². The first-order chi connectivity index (χ1) is 12.3. The number of allylic oxidation sites excluding steroid dienone is 2. The van der Waals surface area contributed by atoms with Gasteiger partial charge in [-0.3, -0.25) is 9.59 Å². The van der Waals surface area contributed by atoms with Gasteiger partial charge in [0.2, 0.25) is 11.7 Å². The van der Waals surface area contributed by atoms with Crippen LogP contribution in [0.3, 0.4) is 0 Å². The maximum atomic E-state index is 12.9. The van der Waals surface area contributed by atoms with Gasteiger partial charge in [-0.15, -0.1) is 0 Å². The number of nitrogens with one attached hydrogen (secondary N) is 1. The van der Waals surface area contributed by atoms with Crippen LogP contribution in [0.4, 0.5) is 0 Å². The highest BCUT2D eigenvalue weighted by Crippen LogP contribution is 2.49. The minimum absolute atomic E-state index is 0.0816. The number of hydrogen-bond donors (Lipinski definition) is 1. The lowest BCUT2D eigenvalue weighted by Crippen LogP contribution is -2.40. The van der Waals surface area contributed by atoms with Crippen molar-refractivity contribution < 1.29 is 23.8 Å². The van der Waals surface area contributed by atoms with Crippen molar-refractivity contribution in [1.82, 2.24) is 5.32 Å². The average Bonchev–Trinajstić information content (AvgIpc) is 2.57. The third kappa shape index (κ3) is 3.04. The van der Waals surface area contributed by atoms with Crippen molar-refractivity contribution in [2.45, 2.75) is 39.0 Å². The minimum atomic E-state index is -0.350. The Labute approximate surface area is 153 Å². The summed E-state index contributed by atoms with van der Waals surface area (Å²) in [5, 5.41) is 2.92. The minimum Gasteiger partial charge on any atom is -0.493 e. The molecule has 1 aromatic rings. The van der Waals surface area contributed by atoms with Crippen LogP contribution < -0.4 is 19.5 Å². The molecule has 0 aromatic heterocycles. The molecule has 6 heteroatoms. The topological polar surface area (TPSA) is 73.9 Å². The van der Waals surface area contributed by atoms with E-state index in [1.165, 1.54) is 7.11 Å². The highest BCUT2D eigenvalue weighted by Gasteiger charge is 2.41. The van der Waals surface area contributed by atoms with Crippen molar-refractivity contribution >= 4 is 11.7 Å². The summed E-state index contributed by atoms with van der Waals surface area (Å²) in [4.78, 5) is 25.2. The number of ether oxygens (including phenoxy) is 3. The molecule has 1 aliphatic carbocycles. The highest BCUT2D eigenvalue weighted by atomic mass is 16.5. The number of carbonyl (C=O) groups excluding carboxylic acids is 2. The fraction of sp³-hybridized carbons (Fsp3) is 0.500. The SMILES string of the molecule is COc1ccc([C@H]2CC(=O)NC3=C2C(=O)CC(C)(C)C3)c(OC)c1OC. The predicted octanol–water partition coefficient (Wildman–Crippen LogP) is 2.96. The number of methoxy groups -OCH3 is 3. The number of benzene rings is 1. The Morgan fingerprint density at radius 2 is 1.69 bits per heavy atom. The molecule has 1 heterocycles. The molecule has 0 saturated heterocycles. The van der Waals surface area contributed by atoms with Crippen LogP contribution in [0.15, 0.2) is 23.4 Å². The second-order valence-corrected chi connectivity index (χ2v) is 7.56. The fourth-order valence-corrected chi connectivity index (χ4v) is 4.02. The van der Waals surface area contributed by atoms with Crippen LogP contribution in [0.2, 0.25) is 0 Å². The summed E-state index contributed by atoms with van der Waals surface area (Å²) < 4.78 is 16.4. The molecule has 0 fully saturated rings. The Bertz CT molecular complexity index is 794. The van der Waals surface area contributed by atoms with Gasteiger partial charge in [-0.25, -0.2) is 0 Å². The van der Waals surface area contributed by atoms with Crippen LogP contribution in [0.25, 0.3) is 0 Å². The van der Waals surface area contributed by atoms with E-state index in [9.17, 15) is 9.59 Å². The molecule has 0 saturated carbocycles. The smallest absolute Gasteiger partial charge is 0.225 e. The lowest BCUT2D eigenvalue weighted by Gasteiger charge is -2.38. The van der Waals surface area contributed by atoms with Crippen molar-refractivity contribution in [3.05, 3.63) is 29.0 Å². The molecule has 2 aliphatic rings. The molecule has 3 rings (SSSR count). The monoisotopic (exact) mass is 359 g/mol. The van der Waals surface area contributed by atoms with Crippen LogP contribution in [0.5, 0.6) is 17.2 Å².